The van der Waals surface area contributed by atoms with Crippen molar-refractivity contribution in [2.45, 2.75) is 103 Å². The minimum Gasteiger partial charge on any atom is -0.508 e. The van der Waals surface area contributed by atoms with Gasteiger partial charge in [0, 0.05) is 11.5 Å². The van der Waals surface area contributed by atoms with Crippen LogP contribution in [0.2, 0.25) is 0 Å². The Kier molecular flexibility index (Phi) is 5.10. The summed E-state index contributed by atoms with van der Waals surface area (Å²) in [5, 5.41) is 10.8. The molecule has 2 unspecified atom stereocenters. The first kappa shape index (κ1) is 18.6. The zero-order chi connectivity index (χ0) is 18.2. The molecule has 1 fully saturated rings. The topological polar surface area (TPSA) is 29.5 Å². The number of fused-ring (bicyclic) bond motifs is 3. The first-order valence-corrected chi connectivity index (χ1v) is 10.3. The van der Waals surface area contributed by atoms with Crippen LogP contribution in [0.1, 0.15) is 103 Å². The molecule has 140 valence electrons. The van der Waals surface area contributed by atoms with E-state index in [1.165, 1.54) is 37.7 Å². The molecule has 1 aliphatic heterocycles. The minimum absolute atomic E-state index is 0.0800. The molecule has 25 heavy (non-hydrogen) atoms. The Labute approximate surface area is 154 Å². The number of benzene rings is 1. The first-order valence-electron chi connectivity index (χ1n) is 10.3. The fourth-order valence-electron chi connectivity index (χ4n) is 4.75. The van der Waals surface area contributed by atoms with E-state index in [-0.39, 0.29) is 11.5 Å². The monoisotopic (exact) mass is 344 g/mol. The molecule has 2 atom stereocenters. The molecular formula is C23H36O2. The summed E-state index contributed by atoms with van der Waals surface area (Å²) in [5.41, 5.74) is 2.72. The van der Waals surface area contributed by atoms with Crippen molar-refractivity contribution in [3.05, 3.63) is 23.3 Å². The zero-order valence-electron chi connectivity index (χ0n) is 16.8. The van der Waals surface area contributed by atoms with Gasteiger partial charge < -0.3 is 9.84 Å². The van der Waals surface area contributed by atoms with Crippen LogP contribution >= 0.6 is 0 Å². The Bertz CT molecular complexity index is 615. The Balaban J connectivity index is 1.79. The van der Waals surface area contributed by atoms with Crippen LogP contribution in [-0.2, 0) is 5.41 Å². The van der Waals surface area contributed by atoms with Crippen LogP contribution in [-0.4, -0.2) is 11.2 Å². The summed E-state index contributed by atoms with van der Waals surface area (Å²) in [6.07, 6.45) is 9.95. The van der Waals surface area contributed by atoms with E-state index >= 15 is 0 Å². The van der Waals surface area contributed by atoms with Gasteiger partial charge in [0.25, 0.3) is 0 Å². The second kappa shape index (κ2) is 6.85. The van der Waals surface area contributed by atoms with Gasteiger partial charge in [-0.1, -0.05) is 60.3 Å². The molecule has 2 nitrogen and oxygen atoms in total. The number of phenolic OH excluding ortho intramolecular Hbond substituents is 1. The summed E-state index contributed by atoms with van der Waals surface area (Å²) in [4.78, 5) is 0. The smallest absolute Gasteiger partial charge is 0.127 e. The summed E-state index contributed by atoms with van der Waals surface area (Å²) in [5.74, 6) is 1.79. The van der Waals surface area contributed by atoms with Crippen LogP contribution < -0.4 is 4.74 Å². The molecule has 0 radical (unpaired) electrons. The third-order valence-corrected chi connectivity index (χ3v) is 6.54. The summed E-state index contributed by atoms with van der Waals surface area (Å²) in [6.45, 7) is 11.5. The third kappa shape index (κ3) is 3.83. The quantitative estimate of drug-likeness (QED) is 0.582. The number of hydrogen-bond donors (Lipinski definition) is 1. The maximum atomic E-state index is 10.8. The van der Waals surface area contributed by atoms with Crippen LogP contribution in [0, 0.1) is 5.41 Å². The van der Waals surface area contributed by atoms with Crippen molar-refractivity contribution in [1.29, 1.82) is 0 Å². The summed E-state index contributed by atoms with van der Waals surface area (Å²) < 4.78 is 6.35. The number of phenols is 1. The van der Waals surface area contributed by atoms with Gasteiger partial charge in [-0.25, -0.2) is 0 Å². The maximum absolute atomic E-state index is 10.8. The highest BCUT2D eigenvalue weighted by Gasteiger charge is 2.44. The molecule has 1 aromatic rings. The van der Waals surface area contributed by atoms with Gasteiger partial charge in [0.05, 0.1) is 0 Å². The average Bonchev–Trinajstić information content (AvgIpc) is 2.88. The van der Waals surface area contributed by atoms with E-state index in [2.05, 4.69) is 40.7 Å². The first-order chi connectivity index (χ1) is 11.7. The van der Waals surface area contributed by atoms with Crippen molar-refractivity contribution >= 4 is 0 Å². The van der Waals surface area contributed by atoms with Crippen LogP contribution in [0.4, 0.5) is 0 Å². The lowest BCUT2D eigenvalue weighted by atomic mass is 9.70. The summed E-state index contributed by atoms with van der Waals surface area (Å²) in [7, 11) is 0. The fraction of sp³-hybridized carbons (Fsp3) is 0.739. The van der Waals surface area contributed by atoms with Crippen molar-refractivity contribution < 1.29 is 9.84 Å². The normalized spacial score (nSPS) is 24.5. The zero-order valence-corrected chi connectivity index (χ0v) is 16.8. The van der Waals surface area contributed by atoms with Crippen molar-refractivity contribution in [3.8, 4) is 11.5 Å². The van der Waals surface area contributed by atoms with Crippen molar-refractivity contribution in [3.63, 3.8) is 0 Å². The highest BCUT2D eigenvalue weighted by Crippen LogP contribution is 2.54. The molecule has 1 N–H and O–H groups in total. The van der Waals surface area contributed by atoms with Crippen LogP contribution in [0.25, 0.3) is 0 Å². The predicted molar refractivity (Wildman–Crippen MR) is 105 cm³/mol. The largest absolute Gasteiger partial charge is 0.508 e. The average molecular weight is 345 g/mol. The second-order valence-corrected chi connectivity index (χ2v) is 9.77. The molecule has 2 heteroatoms. The Hall–Kier alpha value is -1.18. The number of ether oxygens (including phenoxy) is 1. The number of aromatic hydroxyl groups is 1. The highest BCUT2D eigenvalue weighted by molar-refractivity contribution is 5.54. The van der Waals surface area contributed by atoms with Crippen molar-refractivity contribution in [2.24, 2.45) is 5.41 Å². The van der Waals surface area contributed by atoms with E-state index in [0.717, 1.165) is 30.6 Å². The van der Waals surface area contributed by atoms with E-state index in [9.17, 15) is 5.11 Å². The predicted octanol–water partition coefficient (Wildman–Crippen LogP) is 6.69. The second-order valence-electron chi connectivity index (χ2n) is 9.77. The van der Waals surface area contributed by atoms with Gasteiger partial charge >= 0.3 is 0 Å². The minimum atomic E-state index is 0.0800. The molecule has 1 heterocycles. The van der Waals surface area contributed by atoms with E-state index < -0.39 is 0 Å². The lowest BCUT2D eigenvalue weighted by molar-refractivity contribution is 0.0882. The fourth-order valence-corrected chi connectivity index (χ4v) is 4.75. The Morgan fingerprint density at radius 2 is 1.96 bits per heavy atom. The van der Waals surface area contributed by atoms with Gasteiger partial charge in [-0.3, -0.25) is 0 Å². The van der Waals surface area contributed by atoms with E-state index in [0.29, 0.717) is 17.1 Å². The van der Waals surface area contributed by atoms with E-state index in [1.54, 1.807) is 0 Å². The van der Waals surface area contributed by atoms with E-state index in [4.69, 9.17) is 4.74 Å². The highest BCUT2D eigenvalue weighted by atomic mass is 16.5. The molecule has 1 aliphatic carbocycles. The molecule has 1 saturated carbocycles. The number of unbranched alkanes of at least 4 members (excludes halogenated alkanes) is 3. The van der Waals surface area contributed by atoms with E-state index in [1.807, 2.05) is 6.07 Å². The molecule has 0 bridgehead atoms. The molecule has 2 aliphatic rings. The standard InChI is InChI=1S/C23H36O2/c1-6-7-8-9-11-23(4,5)16-13-18(24)21-17-10-12-22(2,3)15-20(17)25-19(21)14-16/h13-14,17,20,24H,6-12,15H2,1-5H3. The molecular weight excluding hydrogens is 308 g/mol. The van der Waals surface area contributed by atoms with Gasteiger partial charge in [-0.05, 0) is 54.2 Å². The van der Waals surface area contributed by atoms with Gasteiger partial charge in [-0.15, -0.1) is 0 Å². The molecule has 3 rings (SSSR count). The van der Waals surface area contributed by atoms with Gasteiger partial charge in [-0.2, -0.15) is 0 Å². The Morgan fingerprint density at radius 3 is 2.68 bits per heavy atom. The molecule has 0 amide bonds. The molecule has 0 saturated heterocycles. The lowest BCUT2D eigenvalue weighted by Gasteiger charge is -2.36. The number of hydrogen-bond acceptors (Lipinski definition) is 2. The van der Waals surface area contributed by atoms with Crippen LogP contribution in [0.3, 0.4) is 0 Å². The molecule has 0 aromatic heterocycles. The maximum Gasteiger partial charge on any atom is 0.127 e. The van der Waals surface area contributed by atoms with Gasteiger partial charge in [0.1, 0.15) is 17.6 Å². The molecule has 0 spiro atoms. The van der Waals surface area contributed by atoms with Crippen LogP contribution in [0.5, 0.6) is 11.5 Å². The number of rotatable bonds is 6. The Morgan fingerprint density at radius 1 is 1.20 bits per heavy atom. The van der Waals surface area contributed by atoms with Crippen LogP contribution in [0.15, 0.2) is 12.1 Å². The molecule has 1 aromatic carbocycles. The third-order valence-electron chi connectivity index (χ3n) is 6.54. The van der Waals surface area contributed by atoms with Gasteiger partial charge in [0.15, 0.2) is 0 Å². The lowest BCUT2D eigenvalue weighted by Crippen LogP contribution is -2.32. The van der Waals surface area contributed by atoms with Crippen molar-refractivity contribution in [2.75, 3.05) is 0 Å². The SMILES string of the molecule is CCCCCCC(C)(C)c1cc(O)c2c(c1)OC1CC(C)(C)CCC21. The summed E-state index contributed by atoms with van der Waals surface area (Å²) in [6, 6.07) is 4.24. The summed E-state index contributed by atoms with van der Waals surface area (Å²) >= 11 is 0. The van der Waals surface area contributed by atoms with Gasteiger partial charge in [0.2, 0.25) is 0 Å². The van der Waals surface area contributed by atoms with Crippen molar-refractivity contribution in [1.82, 2.24) is 0 Å².